The fourth-order valence-corrected chi connectivity index (χ4v) is 4.11. The minimum Gasteiger partial charge on any atom is -0.350 e. The predicted molar refractivity (Wildman–Crippen MR) is 129 cm³/mol. The Morgan fingerprint density at radius 2 is 1.79 bits per heavy atom. The number of amides is 2. The highest BCUT2D eigenvalue weighted by Gasteiger charge is 2.27. The molecule has 1 aliphatic rings. The van der Waals surface area contributed by atoms with E-state index in [2.05, 4.69) is 27.6 Å². The van der Waals surface area contributed by atoms with E-state index in [1.54, 1.807) is 0 Å². The summed E-state index contributed by atoms with van der Waals surface area (Å²) < 4.78 is 1.83. The number of carbonyl (C=O) groups is 2. The Kier molecular flexibility index (Phi) is 6.89. The number of para-hydroxylation sites is 1. The van der Waals surface area contributed by atoms with E-state index < -0.39 is 0 Å². The fourth-order valence-electron chi connectivity index (χ4n) is 4.11. The minimum atomic E-state index is -0.184. The van der Waals surface area contributed by atoms with E-state index in [4.69, 9.17) is 0 Å². The largest absolute Gasteiger partial charge is 0.350 e. The molecule has 1 atom stereocenters. The third-order valence-corrected chi connectivity index (χ3v) is 6.18. The van der Waals surface area contributed by atoms with Gasteiger partial charge in [-0.05, 0) is 43.2 Å². The van der Waals surface area contributed by atoms with E-state index in [-0.39, 0.29) is 17.9 Å². The van der Waals surface area contributed by atoms with Crippen molar-refractivity contribution in [3.05, 3.63) is 82.7 Å². The number of nitrogens with one attached hydrogen (secondary N) is 2. The summed E-state index contributed by atoms with van der Waals surface area (Å²) in [7, 11) is 1.90. The summed E-state index contributed by atoms with van der Waals surface area (Å²) in [6, 6.07) is 17.4. The molecule has 7 nitrogen and oxygen atoms in total. The first-order chi connectivity index (χ1) is 15.9. The first kappa shape index (κ1) is 22.7. The second-order valence-corrected chi connectivity index (χ2v) is 8.66. The third kappa shape index (κ3) is 5.31. The Hall–Kier alpha value is -3.45. The van der Waals surface area contributed by atoms with Gasteiger partial charge >= 0.3 is 0 Å². The second-order valence-electron chi connectivity index (χ2n) is 8.66. The Morgan fingerprint density at radius 3 is 2.48 bits per heavy atom. The molecule has 33 heavy (non-hydrogen) atoms. The van der Waals surface area contributed by atoms with Crippen LogP contribution in [0, 0.1) is 0 Å². The lowest BCUT2D eigenvalue weighted by Crippen LogP contribution is -2.32. The summed E-state index contributed by atoms with van der Waals surface area (Å²) in [5.41, 5.74) is 5.15. The molecule has 0 radical (unpaired) electrons. The molecule has 2 amide bonds. The Bertz CT molecular complexity index is 1120. The summed E-state index contributed by atoms with van der Waals surface area (Å²) in [6.07, 6.45) is 1.74. The van der Waals surface area contributed by atoms with Gasteiger partial charge in [0.25, 0.3) is 11.8 Å². The van der Waals surface area contributed by atoms with Crippen molar-refractivity contribution in [2.45, 2.75) is 45.8 Å². The number of rotatable bonds is 7. The molecule has 0 spiro atoms. The molecule has 2 heterocycles. The van der Waals surface area contributed by atoms with Crippen LogP contribution < -0.4 is 10.6 Å². The fraction of sp³-hybridized carbons (Fsp3) is 0.346. The highest BCUT2D eigenvalue weighted by molar-refractivity contribution is 6.04. The standard InChI is InChI=1S/C26H31N5O2/c1-4-18(2)27-25(32)20-12-10-19(11-13-20)16-31-15-14-23-22(17-31)24(29-30(23)3)26(33)28-21-8-6-5-7-9-21/h5-13,18H,4,14-17H2,1-3H3,(H,27,32)(H,28,33). The minimum absolute atomic E-state index is 0.0389. The van der Waals surface area contributed by atoms with Crippen LogP contribution in [0.4, 0.5) is 5.69 Å². The van der Waals surface area contributed by atoms with Crippen LogP contribution in [0.15, 0.2) is 54.6 Å². The first-order valence-corrected chi connectivity index (χ1v) is 11.5. The molecule has 0 saturated carbocycles. The molecule has 0 saturated heterocycles. The zero-order chi connectivity index (χ0) is 23.4. The van der Waals surface area contributed by atoms with Crippen molar-refractivity contribution in [3.63, 3.8) is 0 Å². The maximum atomic E-state index is 12.9. The van der Waals surface area contributed by atoms with Crippen LogP contribution in [-0.4, -0.2) is 39.1 Å². The van der Waals surface area contributed by atoms with Gasteiger partial charge in [0.1, 0.15) is 0 Å². The molecular weight excluding hydrogens is 414 g/mol. The Morgan fingerprint density at radius 1 is 1.06 bits per heavy atom. The van der Waals surface area contributed by atoms with Crippen LogP contribution in [-0.2, 0) is 26.6 Å². The topological polar surface area (TPSA) is 79.3 Å². The van der Waals surface area contributed by atoms with Crippen LogP contribution in [0.25, 0.3) is 0 Å². The second kappa shape index (κ2) is 10.0. The average molecular weight is 446 g/mol. The SMILES string of the molecule is CCC(C)NC(=O)c1ccc(CN2CCc3c(c(C(=O)Nc4ccccc4)nn3C)C2)cc1. The van der Waals surface area contributed by atoms with Gasteiger partial charge in [-0.2, -0.15) is 5.10 Å². The summed E-state index contributed by atoms with van der Waals surface area (Å²) in [5.74, 6) is -0.223. The lowest BCUT2D eigenvalue weighted by Gasteiger charge is -2.27. The van der Waals surface area contributed by atoms with E-state index in [1.807, 2.05) is 73.3 Å². The van der Waals surface area contributed by atoms with Gasteiger partial charge in [-0.3, -0.25) is 19.2 Å². The maximum absolute atomic E-state index is 12.9. The monoisotopic (exact) mass is 445 g/mol. The average Bonchev–Trinajstić information content (AvgIpc) is 3.16. The highest BCUT2D eigenvalue weighted by Crippen LogP contribution is 2.24. The van der Waals surface area contributed by atoms with Crippen LogP contribution in [0.2, 0.25) is 0 Å². The zero-order valence-corrected chi connectivity index (χ0v) is 19.5. The van der Waals surface area contributed by atoms with E-state index in [9.17, 15) is 9.59 Å². The number of hydrogen-bond donors (Lipinski definition) is 2. The molecule has 3 aromatic rings. The van der Waals surface area contributed by atoms with Crippen molar-refractivity contribution in [2.24, 2.45) is 7.05 Å². The van der Waals surface area contributed by atoms with Gasteiger partial charge < -0.3 is 10.6 Å². The van der Waals surface area contributed by atoms with Gasteiger partial charge in [0, 0.05) is 61.7 Å². The van der Waals surface area contributed by atoms with Crippen LogP contribution in [0.1, 0.15) is 57.9 Å². The molecule has 0 fully saturated rings. The van der Waals surface area contributed by atoms with Crippen LogP contribution in [0.3, 0.4) is 0 Å². The molecule has 0 bridgehead atoms. The van der Waals surface area contributed by atoms with Crippen molar-refractivity contribution in [1.82, 2.24) is 20.0 Å². The Labute approximate surface area is 194 Å². The first-order valence-electron chi connectivity index (χ1n) is 11.5. The van der Waals surface area contributed by atoms with Gasteiger partial charge in [-0.15, -0.1) is 0 Å². The molecule has 1 unspecified atom stereocenters. The summed E-state index contributed by atoms with van der Waals surface area (Å²) in [4.78, 5) is 27.6. The smallest absolute Gasteiger partial charge is 0.276 e. The van der Waals surface area contributed by atoms with Crippen LogP contribution in [0.5, 0.6) is 0 Å². The van der Waals surface area contributed by atoms with E-state index in [0.29, 0.717) is 17.8 Å². The summed E-state index contributed by atoms with van der Waals surface area (Å²) in [5, 5.41) is 10.5. The van der Waals surface area contributed by atoms with Gasteiger partial charge in [0.2, 0.25) is 0 Å². The van der Waals surface area contributed by atoms with E-state index >= 15 is 0 Å². The van der Waals surface area contributed by atoms with Gasteiger partial charge in [-0.1, -0.05) is 37.3 Å². The van der Waals surface area contributed by atoms with Crippen molar-refractivity contribution >= 4 is 17.5 Å². The zero-order valence-electron chi connectivity index (χ0n) is 19.5. The van der Waals surface area contributed by atoms with Crippen LogP contribution >= 0.6 is 0 Å². The number of aromatic nitrogens is 2. The molecule has 1 aromatic heterocycles. The van der Waals surface area contributed by atoms with E-state index in [1.165, 1.54) is 0 Å². The Balaban J connectivity index is 1.43. The number of benzene rings is 2. The lowest BCUT2D eigenvalue weighted by molar-refractivity contribution is 0.0938. The number of nitrogens with zero attached hydrogens (tertiary/aromatic N) is 3. The lowest BCUT2D eigenvalue weighted by atomic mass is 10.0. The number of hydrogen-bond acceptors (Lipinski definition) is 4. The molecule has 172 valence electrons. The molecule has 7 heteroatoms. The predicted octanol–water partition coefficient (Wildman–Crippen LogP) is 3.76. The highest BCUT2D eigenvalue weighted by atomic mass is 16.2. The molecular formula is C26H31N5O2. The van der Waals surface area contributed by atoms with Gasteiger partial charge in [0.15, 0.2) is 5.69 Å². The van der Waals surface area contributed by atoms with Gasteiger partial charge in [0.05, 0.1) is 0 Å². The molecule has 4 rings (SSSR count). The normalized spacial score (nSPS) is 14.4. The molecule has 2 aromatic carbocycles. The van der Waals surface area contributed by atoms with Crippen molar-refractivity contribution in [2.75, 3.05) is 11.9 Å². The summed E-state index contributed by atoms with van der Waals surface area (Å²) >= 11 is 0. The quantitative estimate of drug-likeness (QED) is 0.580. The summed E-state index contributed by atoms with van der Waals surface area (Å²) in [6.45, 7) is 6.36. The number of fused-ring (bicyclic) bond motifs is 1. The molecule has 1 aliphatic heterocycles. The number of aryl methyl sites for hydroxylation is 1. The molecule has 2 N–H and O–H groups in total. The van der Waals surface area contributed by atoms with Crippen molar-refractivity contribution < 1.29 is 9.59 Å². The maximum Gasteiger partial charge on any atom is 0.276 e. The van der Waals surface area contributed by atoms with Crippen molar-refractivity contribution in [1.29, 1.82) is 0 Å². The molecule has 0 aliphatic carbocycles. The van der Waals surface area contributed by atoms with Gasteiger partial charge in [-0.25, -0.2) is 0 Å². The van der Waals surface area contributed by atoms with E-state index in [0.717, 1.165) is 48.4 Å². The van der Waals surface area contributed by atoms with Crippen molar-refractivity contribution in [3.8, 4) is 0 Å². The number of carbonyl (C=O) groups excluding carboxylic acids is 2. The number of anilines is 1. The third-order valence-electron chi connectivity index (χ3n) is 6.18.